The minimum Gasteiger partial charge on any atom is -0.455 e. The molecule has 6 aromatic rings. The average molecular weight is 440 g/mol. The molecule has 34 heavy (non-hydrogen) atoms. The fraction of sp³-hybridized carbons (Fsp3) is 0.156. The maximum Gasteiger partial charge on any atom is 0.143 e. The fourth-order valence-corrected chi connectivity index (χ4v) is 5.84. The zero-order valence-electron chi connectivity index (χ0n) is 19.9. The third-order valence-electron chi connectivity index (χ3n) is 7.64. The van der Waals surface area contributed by atoms with Gasteiger partial charge in [-0.25, -0.2) is 0 Å². The predicted molar refractivity (Wildman–Crippen MR) is 141 cm³/mol. The van der Waals surface area contributed by atoms with Crippen LogP contribution in [0, 0.1) is 13.8 Å². The quantitative estimate of drug-likeness (QED) is 0.256. The van der Waals surface area contributed by atoms with Crippen LogP contribution < -0.4 is 0 Å². The van der Waals surface area contributed by atoms with E-state index >= 15 is 0 Å². The number of pyridine rings is 1. The highest BCUT2D eigenvalue weighted by atomic mass is 16.3. The Morgan fingerprint density at radius 1 is 0.706 bits per heavy atom. The summed E-state index contributed by atoms with van der Waals surface area (Å²) in [6, 6.07) is 26.5. The number of hydrogen-bond acceptors (Lipinski definition) is 2. The molecule has 0 atom stereocenters. The van der Waals surface area contributed by atoms with Crippen LogP contribution in [0.15, 0.2) is 83.4 Å². The lowest BCUT2D eigenvalue weighted by molar-refractivity contribution is 0.643. The summed E-state index contributed by atoms with van der Waals surface area (Å²) in [4.78, 5) is 5.03. The molecule has 2 heteroatoms. The van der Waals surface area contributed by atoms with Gasteiger partial charge in [-0.15, -0.1) is 0 Å². The summed E-state index contributed by atoms with van der Waals surface area (Å²) in [7, 11) is 0. The lowest BCUT2D eigenvalue weighted by Gasteiger charge is -2.28. The van der Waals surface area contributed by atoms with Gasteiger partial charge in [-0.2, -0.15) is 0 Å². The molecule has 0 aliphatic heterocycles. The Balaban J connectivity index is 1.70. The maximum atomic E-state index is 6.70. The van der Waals surface area contributed by atoms with Gasteiger partial charge in [0.2, 0.25) is 0 Å². The van der Waals surface area contributed by atoms with Crippen LogP contribution in [-0.4, -0.2) is 4.98 Å². The minimum atomic E-state index is -0.216. The molecule has 1 aliphatic carbocycles. The number of aryl methyl sites for hydroxylation is 2. The number of hydrogen-bond donors (Lipinski definition) is 0. The molecule has 2 aromatic heterocycles. The van der Waals surface area contributed by atoms with Crippen LogP contribution >= 0.6 is 0 Å². The van der Waals surface area contributed by atoms with Gasteiger partial charge >= 0.3 is 0 Å². The molecule has 0 spiro atoms. The van der Waals surface area contributed by atoms with E-state index in [0.717, 1.165) is 33.4 Å². The first kappa shape index (κ1) is 19.5. The summed E-state index contributed by atoms with van der Waals surface area (Å²) in [6.45, 7) is 8.92. The van der Waals surface area contributed by atoms with Crippen LogP contribution in [0.1, 0.15) is 36.1 Å². The van der Waals surface area contributed by atoms with Crippen molar-refractivity contribution in [2.45, 2.75) is 33.1 Å². The molecular weight excluding hydrogens is 414 g/mol. The summed E-state index contributed by atoms with van der Waals surface area (Å²) in [5.74, 6) is 0. The Hall–Kier alpha value is -3.91. The van der Waals surface area contributed by atoms with Gasteiger partial charge in [0, 0.05) is 33.7 Å². The van der Waals surface area contributed by atoms with Crippen LogP contribution in [0.25, 0.3) is 55.1 Å². The Labute approximate surface area is 198 Å². The van der Waals surface area contributed by atoms with Gasteiger partial charge in [-0.3, -0.25) is 4.98 Å². The third kappa shape index (κ3) is 2.48. The van der Waals surface area contributed by atoms with Crippen LogP contribution in [0.2, 0.25) is 0 Å². The van der Waals surface area contributed by atoms with E-state index in [-0.39, 0.29) is 5.41 Å². The molecule has 0 radical (unpaired) electrons. The molecule has 0 amide bonds. The van der Waals surface area contributed by atoms with Crippen molar-refractivity contribution in [3.8, 4) is 22.4 Å². The highest BCUT2D eigenvalue weighted by molar-refractivity contribution is 6.18. The van der Waals surface area contributed by atoms with Crippen molar-refractivity contribution in [3.05, 3.63) is 101 Å². The number of benzene rings is 4. The number of fused-ring (bicyclic) bond motifs is 3. The Morgan fingerprint density at radius 3 is 2.35 bits per heavy atom. The molecule has 0 saturated heterocycles. The molecule has 7 rings (SSSR count). The van der Waals surface area contributed by atoms with Crippen molar-refractivity contribution in [3.63, 3.8) is 0 Å². The zero-order chi connectivity index (χ0) is 23.2. The van der Waals surface area contributed by atoms with Crippen LogP contribution in [0.3, 0.4) is 0 Å². The van der Waals surface area contributed by atoms with Crippen molar-refractivity contribution in [2.75, 3.05) is 0 Å². The van der Waals surface area contributed by atoms with E-state index < -0.39 is 0 Å². The van der Waals surface area contributed by atoms with E-state index in [1.54, 1.807) is 0 Å². The Bertz CT molecular complexity index is 1790. The standard InChI is InChI=1S/C32H25NO/c1-18-10-11-21-15-24-26(16-22(21)14-18)32(3,4)25-13-12-23(20-8-6-5-7-9-20)31-27(25)28-29(24)33-17-19(2)30(28)34-31/h5-17H,1-4H3. The van der Waals surface area contributed by atoms with Gasteiger partial charge in [-0.05, 0) is 53.4 Å². The van der Waals surface area contributed by atoms with Crippen molar-refractivity contribution in [1.82, 2.24) is 4.98 Å². The fourth-order valence-electron chi connectivity index (χ4n) is 5.84. The van der Waals surface area contributed by atoms with Crippen molar-refractivity contribution >= 4 is 32.7 Å². The van der Waals surface area contributed by atoms with Crippen molar-refractivity contribution in [2.24, 2.45) is 0 Å². The minimum absolute atomic E-state index is 0.216. The number of nitrogens with zero attached hydrogens (tertiary/aromatic N) is 1. The van der Waals surface area contributed by atoms with Crippen LogP contribution in [0.5, 0.6) is 0 Å². The van der Waals surface area contributed by atoms with Gasteiger partial charge in [0.05, 0.1) is 11.1 Å². The Morgan fingerprint density at radius 2 is 1.53 bits per heavy atom. The smallest absolute Gasteiger partial charge is 0.143 e. The second-order valence-electron chi connectivity index (χ2n) is 10.2. The van der Waals surface area contributed by atoms with Gasteiger partial charge in [0.15, 0.2) is 0 Å². The second-order valence-corrected chi connectivity index (χ2v) is 10.2. The second kappa shape index (κ2) is 6.57. The topological polar surface area (TPSA) is 26.0 Å². The van der Waals surface area contributed by atoms with Gasteiger partial charge in [0.1, 0.15) is 11.2 Å². The van der Waals surface area contributed by atoms with Gasteiger partial charge in [0.25, 0.3) is 0 Å². The largest absolute Gasteiger partial charge is 0.455 e. The van der Waals surface area contributed by atoms with Crippen molar-refractivity contribution < 1.29 is 4.42 Å². The Kier molecular flexibility index (Phi) is 3.78. The van der Waals surface area contributed by atoms with E-state index in [1.165, 1.54) is 44.0 Å². The number of aromatic nitrogens is 1. The highest BCUT2D eigenvalue weighted by Gasteiger charge is 2.35. The van der Waals surface area contributed by atoms with E-state index in [1.807, 2.05) is 6.20 Å². The maximum absolute atomic E-state index is 6.70. The third-order valence-corrected chi connectivity index (χ3v) is 7.64. The molecule has 164 valence electrons. The molecule has 0 unspecified atom stereocenters. The monoisotopic (exact) mass is 439 g/mol. The summed E-state index contributed by atoms with van der Waals surface area (Å²) < 4.78 is 6.70. The van der Waals surface area contributed by atoms with Crippen molar-refractivity contribution in [1.29, 1.82) is 0 Å². The molecule has 1 aliphatic rings. The molecule has 0 bridgehead atoms. The van der Waals surface area contributed by atoms with Gasteiger partial charge < -0.3 is 4.42 Å². The van der Waals surface area contributed by atoms with Gasteiger partial charge in [-0.1, -0.05) is 80.1 Å². The highest BCUT2D eigenvalue weighted by Crippen LogP contribution is 2.52. The molecule has 0 saturated carbocycles. The summed E-state index contributed by atoms with van der Waals surface area (Å²) in [5.41, 5.74) is 11.2. The molecule has 0 fully saturated rings. The lowest BCUT2D eigenvalue weighted by Crippen LogP contribution is -2.19. The average Bonchev–Trinajstić information content (AvgIpc) is 3.22. The first-order valence-corrected chi connectivity index (χ1v) is 11.9. The molecular formula is C32H25NO. The molecule has 2 heterocycles. The molecule has 0 N–H and O–H groups in total. The first-order chi connectivity index (χ1) is 16.4. The van der Waals surface area contributed by atoms with Crippen LogP contribution in [-0.2, 0) is 5.41 Å². The van der Waals surface area contributed by atoms with E-state index in [0.29, 0.717) is 0 Å². The van der Waals surface area contributed by atoms with E-state index in [2.05, 4.69) is 100 Å². The number of furan rings is 1. The summed E-state index contributed by atoms with van der Waals surface area (Å²) >= 11 is 0. The zero-order valence-corrected chi connectivity index (χ0v) is 19.9. The summed E-state index contributed by atoms with van der Waals surface area (Å²) in [5, 5.41) is 4.86. The number of rotatable bonds is 1. The summed E-state index contributed by atoms with van der Waals surface area (Å²) in [6.07, 6.45) is 1.96. The van der Waals surface area contributed by atoms with E-state index in [9.17, 15) is 0 Å². The molecule has 4 aromatic carbocycles. The first-order valence-electron chi connectivity index (χ1n) is 11.9. The SMILES string of the molecule is Cc1ccc2cc3c(cc2c1)C(C)(C)c1ccc(-c2ccccc2)c2oc4c(C)cnc-3c4c12. The lowest BCUT2D eigenvalue weighted by atomic mass is 9.75. The van der Waals surface area contributed by atoms with E-state index in [4.69, 9.17) is 9.40 Å². The van der Waals surface area contributed by atoms with Crippen LogP contribution in [0.4, 0.5) is 0 Å². The molecule has 2 nitrogen and oxygen atoms in total. The predicted octanol–water partition coefficient (Wildman–Crippen LogP) is 8.72. The normalized spacial score (nSPS) is 14.1.